The number of rotatable bonds is 5. The fourth-order valence-corrected chi connectivity index (χ4v) is 4.36. The number of thiophene rings is 1. The predicted molar refractivity (Wildman–Crippen MR) is 113 cm³/mol. The first-order valence-corrected chi connectivity index (χ1v) is 10.3. The van der Waals surface area contributed by atoms with Gasteiger partial charge in [-0.2, -0.15) is 0 Å². The number of likely N-dealkylation sites (tertiary alicyclic amines) is 1. The van der Waals surface area contributed by atoms with Crippen LogP contribution in [0.25, 0.3) is 10.2 Å². The number of carbonyl (C=O) groups is 1. The van der Waals surface area contributed by atoms with Crippen molar-refractivity contribution in [3.63, 3.8) is 0 Å². The van der Waals surface area contributed by atoms with Crippen LogP contribution in [0, 0.1) is 5.92 Å². The highest BCUT2D eigenvalue weighted by Gasteiger charge is 2.28. The van der Waals surface area contributed by atoms with Crippen LogP contribution in [0.3, 0.4) is 0 Å². The summed E-state index contributed by atoms with van der Waals surface area (Å²) in [6.45, 7) is 5.74. The second-order valence-electron chi connectivity index (χ2n) is 7.24. The topological polar surface area (TPSA) is 83.0 Å². The minimum absolute atomic E-state index is 0.0187. The van der Waals surface area contributed by atoms with E-state index in [4.69, 9.17) is 0 Å². The Morgan fingerprint density at radius 1 is 1.36 bits per heavy atom. The van der Waals surface area contributed by atoms with Crippen molar-refractivity contribution in [3.05, 3.63) is 41.9 Å². The van der Waals surface area contributed by atoms with E-state index in [1.165, 1.54) is 11.3 Å². The van der Waals surface area contributed by atoms with Gasteiger partial charge >= 0.3 is 0 Å². The fourth-order valence-electron chi connectivity index (χ4n) is 3.43. The van der Waals surface area contributed by atoms with Crippen LogP contribution in [-0.2, 0) is 0 Å². The molecule has 0 aliphatic carbocycles. The first-order chi connectivity index (χ1) is 13.5. The third kappa shape index (κ3) is 3.64. The monoisotopic (exact) mass is 396 g/mol. The number of nitrogens with one attached hydrogen (secondary N) is 2. The lowest BCUT2D eigenvalue weighted by atomic mass is 10.2. The van der Waals surface area contributed by atoms with Crippen molar-refractivity contribution in [3.8, 4) is 0 Å². The molecule has 1 saturated heterocycles. The predicted octanol–water partition coefficient (Wildman–Crippen LogP) is 3.78. The molecule has 4 rings (SSSR count). The Kier molecular flexibility index (Phi) is 5.13. The maximum absolute atomic E-state index is 13.2. The van der Waals surface area contributed by atoms with Gasteiger partial charge in [-0.15, -0.1) is 11.3 Å². The smallest absolute Gasteiger partial charge is 0.274 e. The number of nitrogens with zero attached hydrogens (tertiary/aromatic N) is 4. The van der Waals surface area contributed by atoms with Crippen molar-refractivity contribution < 1.29 is 4.79 Å². The zero-order valence-corrected chi connectivity index (χ0v) is 17.1. The van der Waals surface area contributed by atoms with E-state index in [1.807, 2.05) is 43.1 Å². The van der Waals surface area contributed by atoms with E-state index in [-0.39, 0.29) is 11.9 Å². The quantitative estimate of drug-likeness (QED) is 0.683. The minimum atomic E-state index is -0.0733. The molecule has 0 spiro atoms. The Morgan fingerprint density at radius 2 is 2.21 bits per heavy atom. The van der Waals surface area contributed by atoms with Crippen LogP contribution in [0.4, 0.5) is 10.9 Å². The molecule has 1 amide bonds. The molecule has 146 valence electrons. The van der Waals surface area contributed by atoms with Crippen molar-refractivity contribution >= 4 is 38.4 Å². The van der Waals surface area contributed by atoms with Crippen molar-refractivity contribution in [2.75, 3.05) is 30.8 Å². The summed E-state index contributed by atoms with van der Waals surface area (Å²) < 4.78 is 0.824. The highest BCUT2D eigenvalue weighted by atomic mass is 32.1. The number of fused-ring (bicyclic) bond motifs is 1. The lowest BCUT2D eigenvalue weighted by Gasteiger charge is -2.17. The number of carbonyl (C=O) groups excluding carboxylic acids is 1. The highest BCUT2D eigenvalue weighted by Crippen LogP contribution is 2.33. The van der Waals surface area contributed by atoms with Gasteiger partial charge in [0.2, 0.25) is 5.95 Å². The third-order valence-electron chi connectivity index (χ3n) is 5.01. The van der Waals surface area contributed by atoms with Gasteiger partial charge in [0, 0.05) is 26.3 Å². The van der Waals surface area contributed by atoms with Crippen molar-refractivity contribution in [2.24, 2.45) is 5.92 Å². The number of amides is 1. The molecule has 4 heterocycles. The molecule has 2 unspecified atom stereocenters. The van der Waals surface area contributed by atoms with Crippen LogP contribution in [0.15, 0.2) is 30.5 Å². The van der Waals surface area contributed by atoms with Crippen molar-refractivity contribution in [2.45, 2.75) is 26.3 Å². The zero-order chi connectivity index (χ0) is 19.7. The van der Waals surface area contributed by atoms with Crippen molar-refractivity contribution in [1.82, 2.24) is 19.9 Å². The van der Waals surface area contributed by atoms with E-state index < -0.39 is 0 Å². The van der Waals surface area contributed by atoms with E-state index in [9.17, 15) is 4.79 Å². The molecule has 2 atom stereocenters. The van der Waals surface area contributed by atoms with Gasteiger partial charge in [0.05, 0.1) is 27.0 Å². The molecule has 1 aliphatic rings. The molecule has 8 heteroatoms. The summed E-state index contributed by atoms with van der Waals surface area (Å²) in [5.41, 5.74) is 2.14. The van der Waals surface area contributed by atoms with Gasteiger partial charge in [-0.25, -0.2) is 9.97 Å². The summed E-state index contributed by atoms with van der Waals surface area (Å²) in [6, 6.07) is 7.68. The summed E-state index contributed by atoms with van der Waals surface area (Å²) in [6.07, 6.45) is 2.80. The van der Waals surface area contributed by atoms with Gasteiger partial charge in [-0.05, 0) is 37.5 Å². The number of hydrogen-bond acceptors (Lipinski definition) is 7. The molecule has 1 aliphatic heterocycles. The Balaban J connectivity index is 1.70. The fraction of sp³-hybridized carbons (Fsp3) is 0.400. The van der Waals surface area contributed by atoms with Crippen LogP contribution < -0.4 is 10.6 Å². The molecular weight excluding hydrogens is 372 g/mol. The van der Waals surface area contributed by atoms with Gasteiger partial charge in [-0.3, -0.25) is 9.78 Å². The SMILES string of the molecule is CNc1cc2nc(NC(C)c3ccccn3)nc(C(=O)N3CCC(C)C3)c2s1. The lowest BCUT2D eigenvalue weighted by molar-refractivity contribution is 0.0784. The van der Waals surface area contributed by atoms with E-state index >= 15 is 0 Å². The molecule has 3 aromatic rings. The van der Waals surface area contributed by atoms with Gasteiger partial charge in [-0.1, -0.05) is 13.0 Å². The van der Waals surface area contributed by atoms with E-state index in [1.54, 1.807) is 6.20 Å². The van der Waals surface area contributed by atoms with Gasteiger partial charge < -0.3 is 15.5 Å². The molecule has 0 saturated carbocycles. The van der Waals surface area contributed by atoms with Crippen LogP contribution in [0.5, 0.6) is 0 Å². The Hall–Kier alpha value is -2.74. The summed E-state index contributed by atoms with van der Waals surface area (Å²) in [7, 11) is 1.87. The first-order valence-electron chi connectivity index (χ1n) is 9.51. The molecule has 28 heavy (non-hydrogen) atoms. The molecule has 0 radical (unpaired) electrons. The summed E-state index contributed by atoms with van der Waals surface area (Å²) in [5, 5.41) is 7.40. The van der Waals surface area contributed by atoms with Gasteiger partial charge in [0.1, 0.15) is 0 Å². The van der Waals surface area contributed by atoms with Crippen LogP contribution >= 0.6 is 11.3 Å². The van der Waals surface area contributed by atoms with Gasteiger partial charge in [0.15, 0.2) is 5.69 Å². The zero-order valence-electron chi connectivity index (χ0n) is 16.3. The minimum Gasteiger partial charge on any atom is -0.380 e. The second kappa shape index (κ2) is 7.71. The van der Waals surface area contributed by atoms with E-state index in [2.05, 4.69) is 32.5 Å². The number of anilines is 2. The number of pyridine rings is 1. The maximum Gasteiger partial charge on any atom is 0.274 e. The van der Waals surface area contributed by atoms with E-state index in [0.29, 0.717) is 17.6 Å². The molecule has 0 bridgehead atoms. The molecule has 2 N–H and O–H groups in total. The first kappa shape index (κ1) is 18.6. The molecule has 1 fully saturated rings. The average molecular weight is 397 g/mol. The van der Waals surface area contributed by atoms with Crippen LogP contribution in [-0.4, -0.2) is 45.9 Å². The molecule has 3 aromatic heterocycles. The Morgan fingerprint density at radius 3 is 2.89 bits per heavy atom. The largest absolute Gasteiger partial charge is 0.380 e. The van der Waals surface area contributed by atoms with Gasteiger partial charge in [0.25, 0.3) is 5.91 Å². The standard InChI is InChI=1S/C20H24N6OS/c1-12-7-9-26(11-12)19(27)17-18-15(10-16(21-3)28-18)24-20(25-17)23-13(2)14-6-4-5-8-22-14/h4-6,8,10,12-13,21H,7,9,11H2,1-3H3,(H,23,24,25). The molecular formula is C20H24N6OS. The number of hydrogen-bond donors (Lipinski definition) is 2. The highest BCUT2D eigenvalue weighted by molar-refractivity contribution is 7.23. The number of aromatic nitrogens is 3. The van der Waals surface area contributed by atoms with Crippen LogP contribution in [0.2, 0.25) is 0 Å². The molecule has 7 nitrogen and oxygen atoms in total. The van der Waals surface area contributed by atoms with E-state index in [0.717, 1.165) is 40.4 Å². The summed E-state index contributed by atoms with van der Waals surface area (Å²) in [4.78, 5) is 28.7. The van der Waals surface area contributed by atoms with Crippen molar-refractivity contribution in [1.29, 1.82) is 0 Å². The maximum atomic E-state index is 13.2. The Bertz CT molecular complexity index is 989. The summed E-state index contributed by atoms with van der Waals surface area (Å²) in [5.74, 6) is 0.954. The third-order valence-corrected chi connectivity index (χ3v) is 6.16. The normalized spacial score (nSPS) is 17.7. The molecule has 0 aromatic carbocycles. The second-order valence-corrected chi connectivity index (χ2v) is 8.29. The summed E-state index contributed by atoms with van der Waals surface area (Å²) >= 11 is 1.51. The van der Waals surface area contributed by atoms with Crippen LogP contribution in [0.1, 0.15) is 42.5 Å². The Labute approximate surface area is 168 Å². The lowest BCUT2D eigenvalue weighted by Crippen LogP contribution is -2.29. The average Bonchev–Trinajstić information content (AvgIpc) is 3.33.